The Labute approximate surface area is 111 Å². The molecule has 1 aromatic rings. The van der Waals surface area contributed by atoms with E-state index in [4.69, 9.17) is 5.73 Å². The quantitative estimate of drug-likeness (QED) is 0.874. The second kappa shape index (κ2) is 6.24. The molecule has 0 spiro atoms. The summed E-state index contributed by atoms with van der Waals surface area (Å²) in [5.41, 5.74) is 8.50. The van der Waals surface area contributed by atoms with Crippen LogP contribution in [0.15, 0.2) is 24.3 Å². The van der Waals surface area contributed by atoms with Gasteiger partial charge in [-0.15, -0.1) is 0 Å². The summed E-state index contributed by atoms with van der Waals surface area (Å²) in [6.45, 7) is 5.53. The van der Waals surface area contributed by atoms with Crippen molar-refractivity contribution < 1.29 is 0 Å². The van der Waals surface area contributed by atoms with Crippen LogP contribution in [0.2, 0.25) is 0 Å². The zero-order valence-electron chi connectivity index (χ0n) is 11.7. The molecule has 2 N–H and O–H groups in total. The summed E-state index contributed by atoms with van der Waals surface area (Å²) in [6, 6.07) is 9.71. The molecule has 1 unspecified atom stereocenters. The van der Waals surface area contributed by atoms with Gasteiger partial charge in [0.2, 0.25) is 0 Å². The number of hydrogen-bond acceptors (Lipinski definition) is 2. The number of nitrogens with two attached hydrogens (primary N) is 1. The maximum Gasteiger partial charge on any atom is 0.0368 e. The van der Waals surface area contributed by atoms with Gasteiger partial charge in [0.05, 0.1) is 0 Å². The van der Waals surface area contributed by atoms with Gasteiger partial charge in [-0.2, -0.15) is 0 Å². The normalized spacial score (nSPS) is 21.9. The SMILES string of the molecule is CCCC1CCCCN1c1ccc([C@H](C)N)cc1. The minimum Gasteiger partial charge on any atom is -0.369 e. The molecule has 0 aromatic heterocycles. The molecule has 1 heterocycles. The molecule has 2 heteroatoms. The molecule has 1 aliphatic rings. The van der Waals surface area contributed by atoms with Gasteiger partial charge in [-0.05, 0) is 50.3 Å². The molecular formula is C16H26N2. The van der Waals surface area contributed by atoms with E-state index in [1.54, 1.807) is 0 Å². The van der Waals surface area contributed by atoms with Crippen LogP contribution in [0.25, 0.3) is 0 Å². The molecule has 0 aliphatic carbocycles. The minimum atomic E-state index is 0.131. The summed E-state index contributed by atoms with van der Waals surface area (Å²) in [6.07, 6.45) is 6.66. The van der Waals surface area contributed by atoms with Gasteiger partial charge < -0.3 is 10.6 Å². The van der Waals surface area contributed by atoms with E-state index >= 15 is 0 Å². The Balaban J connectivity index is 2.12. The van der Waals surface area contributed by atoms with E-state index in [9.17, 15) is 0 Å². The van der Waals surface area contributed by atoms with Crippen molar-refractivity contribution in [3.8, 4) is 0 Å². The second-order valence-electron chi connectivity index (χ2n) is 5.51. The van der Waals surface area contributed by atoms with Crippen LogP contribution in [-0.4, -0.2) is 12.6 Å². The number of piperidine rings is 1. The van der Waals surface area contributed by atoms with E-state index in [2.05, 4.69) is 36.1 Å². The molecule has 18 heavy (non-hydrogen) atoms. The lowest BCUT2D eigenvalue weighted by molar-refractivity contribution is 0.435. The second-order valence-corrected chi connectivity index (χ2v) is 5.51. The van der Waals surface area contributed by atoms with Crippen LogP contribution in [0.3, 0.4) is 0 Å². The summed E-state index contributed by atoms with van der Waals surface area (Å²) >= 11 is 0. The average Bonchev–Trinajstić information content (AvgIpc) is 2.40. The van der Waals surface area contributed by atoms with Gasteiger partial charge in [-0.3, -0.25) is 0 Å². The lowest BCUT2D eigenvalue weighted by Crippen LogP contribution is -2.39. The number of nitrogens with zero attached hydrogens (tertiary/aromatic N) is 1. The highest BCUT2D eigenvalue weighted by atomic mass is 15.2. The van der Waals surface area contributed by atoms with Crippen molar-refractivity contribution in [2.75, 3.05) is 11.4 Å². The third kappa shape index (κ3) is 3.05. The summed E-state index contributed by atoms with van der Waals surface area (Å²) < 4.78 is 0. The molecule has 2 nitrogen and oxygen atoms in total. The molecular weight excluding hydrogens is 220 g/mol. The van der Waals surface area contributed by atoms with Crippen LogP contribution in [0.1, 0.15) is 57.6 Å². The molecule has 0 radical (unpaired) electrons. The zero-order chi connectivity index (χ0) is 13.0. The maximum absolute atomic E-state index is 5.90. The number of benzene rings is 1. The Kier molecular flexibility index (Phi) is 4.65. The minimum absolute atomic E-state index is 0.131. The lowest BCUT2D eigenvalue weighted by atomic mass is 9.97. The predicted octanol–water partition coefficient (Wildman–Crippen LogP) is 3.87. The fraction of sp³-hybridized carbons (Fsp3) is 0.625. The maximum atomic E-state index is 5.90. The van der Waals surface area contributed by atoms with Gasteiger partial charge in [0.15, 0.2) is 0 Å². The number of hydrogen-bond donors (Lipinski definition) is 1. The molecule has 1 aromatic carbocycles. The van der Waals surface area contributed by atoms with Crippen molar-refractivity contribution in [3.63, 3.8) is 0 Å². The van der Waals surface area contributed by atoms with E-state index < -0.39 is 0 Å². The fourth-order valence-corrected chi connectivity index (χ4v) is 2.94. The Morgan fingerprint density at radius 3 is 2.61 bits per heavy atom. The van der Waals surface area contributed by atoms with Crippen LogP contribution in [-0.2, 0) is 0 Å². The van der Waals surface area contributed by atoms with Gasteiger partial charge in [0.25, 0.3) is 0 Å². The smallest absolute Gasteiger partial charge is 0.0368 e. The van der Waals surface area contributed by atoms with Crippen LogP contribution in [0.4, 0.5) is 5.69 Å². The largest absolute Gasteiger partial charge is 0.369 e. The van der Waals surface area contributed by atoms with E-state index in [-0.39, 0.29) is 6.04 Å². The van der Waals surface area contributed by atoms with Crippen molar-refractivity contribution in [1.82, 2.24) is 0 Å². The zero-order valence-corrected chi connectivity index (χ0v) is 11.7. The van der Waals surface area contributed by atoms with Gasteiger partial charge in [0, 0.05) is 24.3 Å². The highest BCUT2D eigenvalue weighted by Gasteiger charge is 2.21. The standard InChI is InChI=1S/C16H26N2/c1-3-6-15-7-4-5-12-18(15)16-10-8-14(9-11-16)13(2)17/h8-11,13,15H,3-7,12,17H2,1-2H3/t13-,15?/m0/s1. The first-order chi connectivity index (χ1) is 8.72. The van der Waals surface area contributed by atoms with E-state index in [1.807, 2.05) is 6.92 Å². The molecule has 0 bridgehead atoms. The molecule has 100 valence electrons. The number of anilines is 1. The third-order valence-corrected chi connectivity index (χ3v) is 4.00. The third-order valence-electron chi connectivity index (χ3n) is 4.00. The van der Waals surface area contributed by atoms with Crippen molar-refractivity contribution in [2.45, 2.75) is 58.0 Å². The Morgan fingerprint density at radius 1 is 1.28 bits per heavy atom. The fourth-order valence-electron chi connectivity index (χ4n) is 2.94. The first-order valence-electron chi connectivity index (χ1n) is 7.34. The van der Waals surface area contributed by atoms with E-state index in [0.717, 1.165) is 6.04 Å². The van der Waals surface area contributed by atoms with Gasteiger partial charge in [-0.25, -0.2) is 0 Å². The van der Waals surface area contributed by atoms with E-state index in [1.165, 1.54) is 49.9 Å². The van der Waals surface area contributed by atoms with Gasteiger partial charge >= 0.3 is 0 Å². The molecule has 1 fully saturated rings. The van der Waals surface area contributed by atoms with E-state index in [0.29, 0.717) is 0 Å². The molecule has 2 rings (SSSR count). The Morgan fingerprint density at radius 2 is 2.00 bits per heavy atom. The predicted molar refractivity (Wildman–Crippen MR) is 78.9 cm³/mol. The van der Waals surface area contributed by atoms with Crippen LogP contribution >= 0.6 is 0 Å². The van der Waals surface area contributed by atoms with Crippen LogP contribution < -0.4 is 10.6 Å². The Hall–Kier alpha value is -1.02. The van der Waals surface area contributed by atoms with Crippen molar-refractivity contribution >= 4 is 5.69 Å². The Bertz CT molecular complexity index is 354. The molecule has 0 saturated carbocycles. The van der Waals surface area contributed by atoms with Gasteiger partial charge in [0.1, 0.15) is 0 Å². The summed E-state index contributed by atoms with van der Waals surface area (Å²) in [5, 5.41) is 0. The molecule has 1 aliphatic heterocycles. The first kappa shape index (κ1) is 13.4. The van der Waals surface area contributed by atoms with Gasteiger partial charge in [-0.1, -0.05) is 25.5 Å². The summed E-state index contributed by atoms with van der Waals surface area (Å²) in [4.78, 5) is 2.60. The number of rotatable bonds is 4. The highest BCUT2D eigenvalue weighted by molar-refractivity contribution is 5.49. The van der Waals surface area contributed by atoms with Crippen molar-refractivity contribution in [2.24, 2.45) is 5.73 Å². The topological polar surface area (TPSA) is 29.3 Å². The van der Waals surface area contributed by atoms with Crippen molar-refractivity contribution in [1.29, 1.82) is 0 Å². The molecule has 0 amide bonds. The highest BCUT2D eigenvalue weighted by Crippen LogP contribution is 2.28. The lowest BCUT2D eigenvalue weighted by Gasteiger charge is -2.37. The summed E-state index contributed by atoms with van der Waals surface area (Å²) in [5.74, 6) is 0. The first-order valence-corrected chi connectivity index (χ1v) is 7.34. The molecule has 2 atom stereocenters. The molecule has 1 saturated heterocycles. The average molecular weight is 246 g/mol. The van der Waals surface area contributed by atoms with Crippen LogP contribution in [0.5, 0.6) is 0 Å². The van der Waals surface area contributed by atoms with Crippen molar-refractivity contribution in [3.05, 3.63) is 29.8 Å². The van der Waals surface area contributed by atoms with Crippen LogP contribution in [0, 0.1) is 0 Å². The summed E-state index contributed by atoms with van der Waals surface area (Å²) in [7, 11) is 0. The monoisotopic (exact) mass is 246 g/mol.